The van der Waals surface area contributed by atoms with Gasteiger partial charge < -0.3 is 14.7 Å². The summed E-state index contributed by atoms with van der Waals surface area (Å²) in [5, 5.41) is 5.12. The molecule has 0 radical (unpaired) electrons. The monoisotopic (exact) mass is 283 g/mol. The Hall–Kier alpha value is -2.14. The maximum absolute atomic E-state index is 5.82. The molecule has 4 rings (SSSR count). The molecule has 0 saturated heterocycles. The first-order valence-electron chi connectivity index (χ1n) is 7.38. The second kappa shape index (κ2) is 5.00. The van der Waals surface area contributed by atoms with Crippen LogP contribution in [0.25, 0.3) is 22.6 Å². The minimum Gasteiger partial charge on any atom is -0.453 e. The highest BCUT2D eigenvalue weighted by Crippen LogP contribution is 2.39. The van der Waals surface area contributed by atoms with Gasteiger partial charge in [0.2, 0.25) is 11.7 Å². The van der Waals surface area contributed by atoms with Gasteiger partial charge in [0.1, 0.15) is 5.58 Å². The van der Waals surface area contributed by atoms with Gasteiger partial charge in [0.25, 0.3) is 0 Å². The van der Waals surface area contributed by atoms with Crippen LogP contribution in [0.4, 0.5) is 0 Å². The zero-order valence-electron chi connectivity index (χ0n) is 11.7. The van der Waals surface area contributed by atoms with E-state index in [2.05, 4.69) is 10.1 Å². The summed E-state index contributed by atoms with van der Waals surface area (Å²) in [6.45, 7) is 0.674. The van der Waals surface area contributed by atoms with Gasteiger partial charge in [0, 0.05) is 11.3 Å². The number of hydrogen-bond acceptors (Lipinski definition) is 5. The van der Waals surface area contributed by atoms with E-state index in [1.807, 2.05) is 30.3 Å². The Balaban J connectivity index is 1.67. The predicted molar refractivity (Wildman–Crippen MR) is 78.6 cm³/mol. The summed E-state index contributed by atoms with van der Waals surface area (Å²) in [4.78, 5) is 4.53. The highest BCUT2D eigenvalue weighted by molar-refractivity contribution is 5.81. The van der Waals surface area contributed by atoms with E-state index in [1.165, 1.54) is 6.42 Å². The van der Waals surface area contributed by atoms with Crippen LogP contribution in [0.2, 0.25) is 0 Å². The summed E-state index contributed by atoms with van der Waals surface area (Å²) in [6.07, 6.45) is 3.39. The molecule has 1 aliphatic rings. The van der Waals surface area contributed by atoms with Crippen LogP contribution in [-0.4, -0.2) is 16.7 Å². The molecule has 0 bridgehead atoms. The van der Waals surface area contributed by atoms with Gasteiger partial charge in [-0.3, -0.25) is 0 Å². The summed E-state index contributed by atoms with van der Waals surface area (Å²) in [7, 11) is 0. The van der Waals surface area contributed by atoms with Crippen LogP contribution < -0.4 is 5.73 Å². The van der Waals surface area contributed by atoms with Crippen molar-refractivity contribution in [2.75, 3.05) is 6.54 Å². The standard InChI is InChI=1S/C16H17N3O2/c17-9-11-5-3-6-12(11)16-18-15(19-21-16)14-8-10-4-1-2-7-13(10)20-14/h1-2,4,7-8,11-12H,3,5-6,9,17H2. The Kier molecular flexibility index (Phi) is 3.00. The molecular weight excluding hydrogens is 266 g/mol. The Bertz CT molecular complexity index is 729. The van der Waals surface area contributed by atoms with Crippen molar-refractivity contribution >= 4 is 11.0 Å². The number of benzene rings is 1. The lowest BCUT2D eigenvalue weighted by molar-refractivity contribution is 0.325. The van der Waals surface area contributed by atoms with Gasteiger partial charge in [-0.15, -0.1) is 0 Å². The van der Waals surface area contributed by atoms with Gasteiger partial charge in [-0.2, -0.15) is 4.98 Å². The SMILES string of the molecule is NCC1CCCC1c1nc(-c2cc3ccccc3o2)no1. The molecule has 0 aliphatic heterocycles. The van der Waals surface area contributed by atoms with Crippen molar-refractivity contribution in [2.24, 2.45) is 11.7 Å². The fourth-order valence-corrected chi connectivity index (χ4v) is 3.22. The Morgan fingerprint density at radius 3 is 3.00 bits per heavy atom. The molecule has 2 heterocycles. The van der Waals surface area contributed by atoms with E-state index in [0.717, 1.165) is 23.8 Å². The third kappa shape index (κ3) is 2.14. The molecule has 1 aliphatic carbocycles. The topological polar surface area (TPSA) is 78.1 Å². The summed E-state index contributed by atoms with van der Waals surface area (Å²) in [5.41, 5.74) is 6.65. The van der Waals surface area contributed by atoms with Gasteiger partial charge in [0.05, 0.1) is 0 Å². The molecule has 0 amide bonds. The molecule has 1 fully saturated rings. The fourth-order valence-electron chi connectivity index (χ4n) is 3.22. The number of rotatable bonds is 3. The average molecular weight is 283 g/mol. The van der Waals surface area contributed by atoms with E-state index in [1.54, 1.807) is 0 Å². The van der Waals surface area contributed by atoms with Crippen molar-refractivity contribution in [2.45, 2.75) is 25.2 Å². The van der Waals surface area contributed by atoms with Crippen LogP contribution in [-0.2, 0) is 0 Å². The second-order valence-corrected chi connectivity index (χ2v) is 5.64. The molecule has 2 unspecified atom stereocenters. The lowest BCUT2D eigenvalue weighted by Gasteiger charge is -2.12. The summed E-state index contributed by atoms with van der Waals surface area (Å²) in [5.74, 6) is 2.60. The molecule has 5 nitrogen and oxygen atoms in total. The molecule has 108 valence electrons. The second-order valence-electron chi connectivity index (χ2n) is 5.64. The van der Waals surface area contributed by atoms with E-state index in [-0.39, 0.29) is 0 Å². The molecule has 3 aromatic rings. The number of fused-ring (bicyclic) bond motifs is 1. The van der Waals surface area contributed by atoms with Gasteiger partial charge in [-0.1, -0.05) is 29.8 Å². The molecule has 0 spiro atoms. The van der Waals surface area contributed by atoms with E-state index in [4.69, 9.17) is 14.7 Å². The largest absolute Gasteiger partial charge is 0.453 e. The molecule has 5 heteroatoms. The lowest BCUT2D eigenvalue weighted by atomic mass is 9.96. The van der Waals surface area contributed by atoms with E-state index in [9.17, 15) is 0 Å². The third-order valence-electron chi connectivity index (χ3n) is 4.37. The maximum Gasteiger partial charge on any atom is 0.238 e. The number of para-hydroxylation sites is 1. The van der Waals surface area contributed by atoms with Gasteiger partial charge in [-0.25, -0.2) is 0 Å². The van der Waals surface area contributed by atoms with Crippen molar-refractivity contribution in [3.8, 4) is 11.6 Å². The minimum atomic E-state index is 0.292. The summed E-state index contributed by atoms with van der Waals surface area (Å²) >= 11 is 0. The normalized spacial score (nSPS) is 22.1. The van der Waals surface area contributed by atoms with Crippen molar-refractivity contribution < 1.29 is 8.94 Å². The van der Waals surface area contributed by atoms with Gasteiger partial charge in [-0.05, 0) is 37.4 Å². The molecule has 1 saturated carbocycles. The number of aromatic nitrogens is 2. The lowest BCUT2D eigenvalue weighted by Crippen LogP contribution is -2.17. The smallest absolute Gasteiger partial charge is 0.238 e. The van der Waals surface area contributed by atoms with E-state index < -0.39 is 0 Å². The van der Waals surface area contributed by atoms with Crippen LogP contribution in [0.3, 0.4) is 0 Å². The first-order valence-corrected chi connectivity index (χ1v) is 7.38. The van der Waals surface area contributed by atoms with Crippen LogP contribution in [0, 0.1) is 5.92 Å². The molecule has 2 aromatic heterocycles. The van der Waals surface area contributed by atoms with Gasteiger partial charge >= 0.3 is 0 Å². The number of hydrogen-bond donors (Lipinski definition) is 1. The zero-order valence-corrected chi connectivity index (χ0v) is 11.7. The van der Waals surface area contributed by atoms with Crippen LogP contribution in [0.1, 0.15) is 31.1 Å². The van der Waals surface area contributed by atoms with E-state index in [0.29, 0.717) is 35.9 Å². The third-order valence-corrected chi connectivity index (χ3v) is 4.37. The first kappa shape index (κ1) is 12.6. The number of furan rings is 1. The molecule has 21 heavy (non-hydrogen) atoms. The van der Waals surface area contributed by atoms with Gasteiger partial charge in [0.15, 0.2) is 5.76 Å². The Morgan fingerprint density at radius 2 is 2.14 bits per heavy atom. The molecule has 2 atom stereocenters. The molecule has 2 N–H and O–H groups in total. The molecule has 1 aromatic carbocycles. The summed E-state index contributed by atoms with van der Waals surface area (Å²) in [6, 6.07) is 9.81. The highest BCUT2D eigenvalue weighted by atomic mass is 16.5. The molecular formula is C16H17N3O2. The Labute approximate surface area is 122 Å². The van der Waals surface area contributed by atoms with Crippen LogP contribution in [0.5, 0.6) is 0 Å². The highest BCUT2D eigenvalue weighted by Gasteiger charge is 2.32. The zero-order chi connectivity index (χ0) is 14.2. The van der Waals surface area contributed by atoms with Crippen molar-refractivity contribution in [1.82, 2.24) is 10.1 Å². The van der Waals surface area contributed by atoms with Crippen LogP contribution >= 0.6 is 0 Å². The maximum atomic E-state index is 5.82. The first-order chi connectivity index (χ1) is 10.3. The fraction of sp³-hybridized carbons (Fsp3) is 0.375. The summed E-state index contributed by atoms with van der Waals surface area (Å²) < 4.78 is 11.2. The van der Waals surface area contributed by atoms with Crippen LogP contribution in [0.15, 0.2) is 39.3 Å². The Morgan fingerprint density at radius 1 is 1.24 bits per heavy atom. The predicted octanol–water partition coefficient (Wildman–Crippen LogP) is 3.33. The minimum absolute atomic E-state index is 0.292. The average Bonchev–Trinajstić information content (AvgIpc) is 3.23. The number of nitrogens with zero attached hydrogens (tertiary/aromatic N) is 2. The quantitative estimate of drug-likeness (QED) is 0.797. The van der Waals surface area contributed by atoms with E-state index >= 15 is 0 Å². The number of nitrogens with two attached hydrogens (primary N) is 1. The van der Waals surface area contributed by atoms with Crippen molar-refractivity contribution in [3.05, 3.63) is 36.2 Å². The van der Waals surface area contributed by atoms with Crippen molar-refractivity contribution in [1.29, 1.82) is 0 Å². The van der Waals surface area contributed by atoms with Crippen molar-refractivity contribution in [3.63, 3.8) is 0 Å².